The van der Waals surface area contributed by atoms with Gasteiger partial charge < -0.3 is 11.1 Å². The third kappa shape index (κ3) is 4.46. The Morgan fingerprint density at radius 1 is 1.33 bits per heavy atom. The minimum Gasteiger partial charge on any atom is -0.370 e. The molecule has 4 nitrogen and oxygen atoms in total. The first-order valence-corrected chi connectivity index (χ1v) is 4.79. The number of hydrogen-bond donors (Lipinski definition) is 2. The van der Waals surface area contributed by atoms with E-state index in [2.05, 4.69) is 5.32 Å². The van der Waals surface area contributed by atoms with Crippen LogP contribution in [0.5, 0.6) is 0 Å². The Balaban J connectivity index is 2.48. The maximum Gasteiger partial charge on any atom is 0.224 e. The molecule has 80 valence electrons. The van der Waals surface area contributed by atoms with Crippen molar-refractivity contribution in [3.8, 4) is 0 Å². The van der Waals surface area contributed by atoms with Gasteiger partial charge in [0.05, 0.1) is 0 Å². The van der Waals surface area contributed by atoms with Crippen molar-refractivity contribution in [2.45, 2.75) is 12.8 Å². The number of anilines is 1. The molecule has 0 aliphatic heterocycles. The van der Waals surface area contributed by atoms with Crippen LogP contribution in [0.2, 0.25) is 5.02 Å². The van der Waals surface area contributed by atoms with Crippen LogP contribution in [0.25, 0.3) is 0 Å². The lowest BCUT2D eigenvalue weighted by atomic mass is 10.2. The van der Waals surface area contributed by atoms with Gasteiger partial charge in [0.1, 0.15) is 0 Å². The third-order valence-electron chi connectivity index (χ3n) is 1.71. The fraction of sp³-hybridized carbons (Fsp3) is 0.200. The minimum atomic E-state index is -0.490. The number of benzene rings is 1. The second kappa shape index (κ2) is 5.36. The molecule has 1 rings (SSSR count). The maximum absolute atomic E-state index is 11.3. The molecule has 2 amide bonds. The van der Waals surface area contributed by atoms with Crippen LogP contribution in [-0.4, -0.2) is 11.8 Å². The Morgan fingerprint density at radius 3 is 2.67 bits per heavy atom. The van der Waals surface area contributed by atoms with E-state index in [1.165, 1.54) is 0 Å². The molecular formula is C10H11ClN2O2. The van der Waals surface area contributed by atoms with Gasteiger partial charge in [0, 0.05) is 23.6 Å². The van der Waals surface area contributed by atoms with Gasteiger partial charge in [-0.1, -0.05) is 17.7 Å². The van der Waals surface area contributed by atoms with Crippen molar-refractivity contribution in [1.82, 2.24) is 0 Å². The zero-order chi connectivity index (χ0) is 11.3. The van der Waals surface area contributed by atoms with Gasteiger partial charge in [-0.2, -0.15) is 0 Å². The Hall–Kier alpha value is -1.55. The van der Waals surface area contributed by atoms with Crippen molar-refractivity contribution in [1.29, 1.82) is 0 Å². The number of halogens is 1. The van der Waals surface area contributed by atoms with E-state index in [1.807, 2.05) is 0 Å². The van der Waals surface area contributed by atoms with Gasteiger partial charge in [-0.05, 0) is 18.2 Å². The van der Waals surface area contributed by atoms with E-state index in [-0.39, 0.29) is 18.7 Å². The molecule has 0 saturated heterocycles. The van der Waals surface area contributed by atoms with E-state index in [0.717, 1.165) is 0 Å². The SMILES string of the molecule is NC(=O)CCC(=O)Nc1cccc(Cl)c1. The number of primary amides is 1. The van der Waals surface area contributed by atoms with Crippen LogP contribution in [0, 0.1) is 0 Å². The summed E-state index contributed by atoms with van der Waals surface area (Å²) in [6.45, 7) is 0. The molecule has 0 atom stereocenters. The number of hydrogen-bond acceptors (Lipinski definition) is 2. The molecule has 15 heavy (non-hydrogen) atoms. The quantitative estimate of drug-likeness (QED) is 0.818. The molecule has 0 radical (unpaired) electrons. The first-order valence-electron chi connectivity index (χ1n) is 4.41. The number of amides is 2. The van der Waals surface area contributed by atoms with Crippen LogP contribution in [0.15, 0.2) is 24.3 Å². The predicted molar refractivity (Wildman–Crippen MR) is 58.5 cm³/mol. The summed E-state index contributed by atoms with van der Waals surface area (Å²) in [6.07, 6.45) is 0.133. The van der Waals surface area contributed by atoms with Crippen molar-refractivity contribution in [2.75, 3.05) is 5.32 Å². The molecule has 5 heteroatoms. The van der Waals surface area contributed by atoms with Crippen molar-refractivity contribution in [2.24, 2.45) is 5.73 Å². The Morgan fingerprint density at radius 2 is 2.07 bits per heavy atom. The lowest BCUT2D eigenvalue weighted by molar-refractivity contribution is -0.122. The monoisotopic (exact) mass is 226 g/mol. The topological polar surface area (TPSA) is 72.2 Å². The lowest BCUT2D eigenvalue weighted by Gasteiger charge is -2.04. The summed E-state index contributed by atoms with van der Waals surface area (Å²) >= 11 is 5.73. The van der Waals surface area contributed by atoms with Gasteiger partial charge in [0.15, 0.2) is 0 Å². The van der Waals surface area contributed by atoms with Gasteiger partial charge >= 0.3 is 0 Å². The van der Waals surface area contributed by atoms with Gasteiger partial charge in [0.2, 0.25) is 11.8 Å². The molecule has 0 fully saturated rings. The Kier molecular flexibility index (Phi) is 4.12. The van der Waals surface area contributed by atoms with Crippen molar-refractivity contribution in [3.05, 3.63) is 29.3 Å². The second-order valence-corrected chi connectivity index (χ2v) is 3.46. The van der Waals surface area contributed by atoms with Crippen LogP contribution in [0.1, 0.15) is 12.8 Å². The predicted octanol–water partition coefficient (Wildman–Crippen LogP) is 1.54. The number of nitrogens with one attached hydrogen (secondary N) is 1. The number of carbonyl (C=O) groups excluding carboxylic acids is 2. The summed E-state index contributed by atoms with van der Waals surface area (Å²) in [6, 6.07) is 6.78. The number of nitrogens with two attached hydrogens (primary N) is 1. The largest absolute Gasteiger partial charge is 0.370 e. The Bertz CT molecular complexity index is 379. The molecule has 0 aliphatic carbocycles. The van der Waals surface area contributed by atoms with Crippen LogP contribution < -0.4 is 11.1 Å². The number of carbonyl (C=O) groups is 2. The fourth-order valence-corrected chi connectivity index (χ4v) is 1.22. The highest BCUT2D eigenvalue weighted by molar-refractivity contribution is 6.30. The van der Waals surface area contributed by atoms with Crippen molar-refractivity contribution in [3.63, 3.8) is 0 Å². The third-order valence-corrected chi connectivity index (χ3v) is 1.94. The molecule has 0 aromatic heterocycles. The Labute approximate surface area is 92.4 Å². The smallest absolute Gasteiger partial charge is 0.224 e. The van der Waals surface area contributed by atoms with E-state index < -0.39 is 5.91 Å². The maximum atomic E-state index is 11.3. The molecule has 0 heterocycles. The first kappa shape index (κ1) is 11.5. The first-order chi connectivity index (χ1) is 7.08. The fourth-order valence-electron chi connectivity index (χ4n) is 1.03. The van der Waals surface area contributed by atoms with Gasteiger partial charge in [-0.15, -0.1) is 0 Å². The molecule has 3 N–H and O–H groups in total. The van der Waals surface area contributed by atoms with Gasteiger partial charge in [0.25, 0.3) is 0 Å². The van der Waals surface area contributed by atoms with Crippen LogP contribution in [0.4, 0.5) is 5.69 Å². The standard InChI is InChI=1S/C10H11ClN2O2/c11-7-2-1-3-8(6-7)13-10(15)5-4-9(12)14/h1-3,6H,4-5H2,(H2,12,14)(H,13,15). The zero-order valence-electron chi connectivity index (χ0n) is 8.00. The summed E-state index contributed by atoms with van der Waals surface area (Å²) in [4.78, 5) is 21.7. The molecule has 0 spiro atoms. The highest BCUT2D eigenvalue weighted by Gasteiger charge is 2.04. The summed E-state index contributed by atoms with van der Waals surface area (Å²) in [7, 11) is 0. The highest BCUT2D eigenvalue weighted by Crippen LogP contribution is 2.14. The van der Waals surface area contributed by atoms with E-state index in [4.69, 9.17) is 17.3 Å². The summed E-state index contributed by atoms with van der Waals surface area (Å²) in [5.41, 5.74) is 5.53. The normalized spacial score (nSPS) is 9.67. The average Bonchev–Trinajstić information content (AvgIpc) is 2.15. The van der Waals surface area contributed by atoms with E-state index in [0.29, 0.717) is 10.7 Å². The lowest BCUT2D eigenvalue weighted by Crippen LogP contribution is -2.17. The summed E-state index contributed by atoms with van der Waals surface area (Å²) in [5, 5.41) is 3.15. The molecule has 0 unspecified atom stereocenters. The van der Waals surface area contributed by atoms with E-state index in [9.17, 15) is 9.59 Å². The molecule has 0 bridgehead atoms. The zero-order valence-corrected chi connectivity index (χ0v) is 8.75. The minimum absolute atomic E-state index is 0.0480. The second-order valence-electron chi connectivity index (χ2n) is 3.02. The molecule has 0 saturated carbocycles. The molecular weight excluding hydrogens is 216 g/mol. The molecule has 1 aromatic carbocycles. The molecule has 1 aromatic rings. The van der Waals surface area contributed by atoms with Crippen LogP contribution in [0.3, 0.4) is 0 Å². The van der Waals surface area contributed by atoms with Crippen molar-refractivity contribution >= 4 is 29.1 Å². The summed E-state index contributed by atoms with van der Waals surface area (Å²) < 4.78 is 0. The summed E-state index contributed by atoms with van der Waals surface area (Å²) in [5.74, 6) is -0.743. The van der Waals surface area contributed by atoms with E-state index in [1.54, 1.807) is 24.3 Å². The average molecular weight is 227 g/mol. The highest BCUT2D eigenvalue weighted by atomic mass is 35.5. The van der Waals surface area contributed by atoms with Crippen molar-refractivity contribution < 1.29 is 9.59 Å². The number of rotatable bonds is 4. The molecule has 0 aliphatic rings. The van der Waals surface area contributed by atoms with Gasteiger partial charge in [-0.3, -0.25) is 9.59 Å². The van der Waals surface area contributed by atoms with Crippen LogP contribution in [-0.2, 0) is 9.59 Å². The van der Waals surface area contributed by atoms with E-state index >= 15 is 0 Å². The van der Waals surface area contributed by atoms with Crippen LogP contribution >= 0.6 is 11.6 Å². The van der Waals surface area contributed by atoms with Gasteiger partial charge in [-0.25, -0.2) is 0 Å².